The molecule has 148 valence electrons. The normalized spacial score (nSPS) is 22.4. The lowest BCUT2D eigenvalue weighted by molar-refractivity contribution is 0.0678. The van der Waals surface area contributed by atoms with Crippen molar-refractivity contribution in [2.75, 3.05) is 6.61 Å². The van der Waals surface area contributed by atoms with Crippen LogP contribution in [0.15, 0.2) is 102 Å². The van der Waals surface area contributed by atoms with E-state index < -0.39 is 21.8 Å². The van der Waals surface area contributed by atoms with E-state index in [1.165, 1.54) is 4.31 Å². The number of benzene rings is 3. The smallest absolute Gasteiger partial charge is 0.246 e. The molecule has 1 aliphatic heterocycles. The molecule has 29 heavy (non-hydrogen) atoms. The fourth-order valence-electron chi connectivity index (χ4n) is 3.76. The maximum atomic E-state index is 13.9. The fourth-order valence-corrected chi connectivity index (χ4v) is 5.57. The highest BCUT2D eigenvalue weighted by molar-refractivity contribution is 7.89. The van der Waals surface area contributed by atoms with Crippen molar-refractivity contribution >= 4 is 10.0 Å². The average Bonchev–Trinajstić information content (AvgIpc) is 3.17. The number of hydrogen-bond acceptors (Lipinski definition) is 3. The molecule has 3 aromatic rings. The Morgan fingerprint density at radius 2 is 1.55 bits per heavy atom. The van der Waals surface area contributed by atoms with E-state index >= 15 is 0 Å². The topological polar surface area (TPSA) is 46.6 Å². The lowest BCUT2D eigenvalue weighted by Crippen LogP contribution is -2.46. The molecule has 3 aromatic carbocycles. The molecule has 0 aromatic heterocycles. The van der Waals surface area contributed by atoms with Gasteiger partial charge in [-0.15, -0.1) is 10.9 Å². The van der Waals surface area contributed by atoms with Crippen molar-refractivity contribution in [1.82, 2.24) is 4.31 Å². The Kier molecular flexibility index (Phi) is 5.13. The third-order valence-electron chi connectivity index (χ3n) is 5.34. The van der Waals surface area contributed by atoms with Crippen LogP contribution in [0.2, 0.25) is 0 Å². The van der Waals surface area contributed by atoms with Crippen LogP contribution < -0.4 is 0 Å². The lowest BCUT2D eigenvalue weighted by atomic mass is 9.91. The predicted octanol–water partition coefficient (Wildman–Crippen LogP) is 4.80. The Labute approximate surface area is 172 Å². The molecule has 0 unspecified atom stereocenters. The van der Waals surface area contributed by atoms with E-state index in [4.69, 9.17) is 4.74 Å². The van der Waals surface area contributed by atoms with Crippen molar-refractivity contribution in [2.45, 2.75) is 23.6 Å². The molecule has 0 bridgehead atoms. The minimum absolute atomic E-state index is 0.186. The summed E-state index contributed by atoms with van der Waals surface area (Å²) in [5.74, 6) is 0. The largest absolute Gasteiger partial charge is 0.355 e. The van der Waals surface area contributed by atoms with Crippen LogP contribution in [0.25, 0.3) is 0 Å². The third kappa shape index (κ3) is 3.31. The zero-order valence-electron chi connectivity index (χ0n) is 16.2. The highest BCUT2D eigenvalue weighted by Crippen LogP contribution is 2.47. The first-order chi connectivity index (χ1) is 14.0. The highest BCUT2D eigenvalue weighted by Gasteiger charge is 2.53. The van der Waals surface area contributed by atoms with Crippen LogP contribution in [0.3, 0.4) is 0 Å². The third-order valence-corrected chi connectivity index (χ3v) is 7.24. The Bertz CT molecular complexity index is 1100. The van der Waals surface area contributed by atoms with Gasteiger partial charge < -0.3 is 4.74 Å². The molecule has 0 amide bonds. The zero-order chi connectivity index (χ0) is 20.5. The van der Waals surface area contributed by atoms with Crippen LogP contribution >= 0.6 is 0 Å². The molecule has 0 spiro atoms. The molecule has 0 saturated carbocycles. The van der Waals surface area contributed by atoms with Crippen LogP contribution in [-0.4, -0.2) is 19.3 Å². The van der Waals surface area contributed by atoms with Gasteiger partial charge >= 0.3 is 0 Å². The number of hydrogen-bond donors (Lipinski definition) is 0. The minimum atomic E-state index is -3.88. The minimum Gasteiger partial charge on any atom is -0.355 e. The molecule has 4 nitrogen and oxygen atoms in total. The van der Waals surface area contributed by atoms with Gasteiger partial charge in [0.15, 0.2) is 6.23 Å². The van der Waals surface area contributed by atoms with E-state index in [0.717, 1.165) is 16.7 Å². The molecule has 1 saturated heterocycles. The van der Waals surface area contributed by atoms with Crippen molar-refractivity contribution < 1.29 is 13.2 Å². The molecule has 0 N–H and O–H groups in total. The van der Waals surface area contributed by atoms with E-state index in [1.807, 2.05) is 67.6 Å². The summed E-state index contributed by atoms with van der Waals surface area (Å²) in [6.45, 7) is 6.12. The molecular formula is C24H23NO3S. The van der Waals surface area contributed by atoms with Gasteiger partial charge in [0, 0.05) is 0 Å². The van der Waals surface area contributed by atoms with Gasteiger partial charge in [-0.3, -0.25) is 0 Å². The molecule has 1 heterocycles. The van der Waals surface area contributed by atoms with Gasteiger partial charge in [0.2, 0.25) is 10.0 Å². The monoisotopic (exact) mass is 405 g/mol. The number of aryl methyl sites for hydroxylation is 1. The second-order valence-electron chi connectivity index (χ2n) is 7.18. The highest BCUT2D eigenvalue weighted by atomic mass is 32.2. The first-order valence-electron chi connectivity index (χ1n) is 9.46. The van der Waals surface area contributed by atoms with Crippen LogP contribution in [0.5, 0.6) is 0 Å². The molecule has 0 aliphatic carbocycles. The van der Waals surface area contributed by atoms with Gasteiger partial charge in [0.25, 0.3) is 0 Å². The van der Waals surface area contributed by atoms with Crippen LogP contribution in [0, 0.1) is 6.92 Å². The van der Waals surface area contributed by atoms with Gasteiger partial charge in [-0.05, 0) is 30.2 Å². The number of sulfonamides is 1. The Hall–Kier alpha value is -2.73. The second-order valence-corrected chi connectivity index (χ2v) is 9.00. The Balaban J connectivity index is 1.93. The Morgan fingerprint density at radius 3 is 2.14 bits per heavy atom. The standard InChI is InChI=1S/C24H23NO3S/c1-3-24(21-12-8-5-9-13-21)18-28-23(20-10-6-4-7-11-20)25(24)29(26,27)22-16-14-19(2)15-17-22/h3-17,23H,1,18H2,2H3/t23-,24+/m1/s1. The molecule has 1 aliphatic rings. The molecule has 5 heteroatoms. The lowest BCUT2D eigenvalue weighted by Gasteiger charge is -2.36. The summed E-state index contributed by atoms with van der Waals surface area (Å²) in [6.07, 6.45) is 0.928. The maximum absolute atomic E-state index is 13.9. The summed E-state index contributed by atoms with van der Waals surface area (Å²) in [6, 6.07) is 25.8. The van der Waals surface area contributed by atoms with Crippen LogP contribution in [0.1, 0.15) is 22.9 Å². The second kappa shape index (κ2) is 7.59. The zero-order valence-corrected chi connectivity index (χ0v) is 17.0. The van der Waals surface area contributed by atoms with Gasteiger partial charge in [-0.25, -0.2) is 8.42 Å². The van der Waals surface area contributed by atoms with Crippen molar-refractivity contribution in [1.29, 1.82) is 0 Å². The summed E-state index contributed by atoms with van der Waals surface area (Å²) in [7, 11) is -3.88. The first-order valence-corrected chi connectivity index (χ1v) is 10.9. The molecule has 4 rings (SSSR count). The van der Waals surface area contributed by atoms with Gasteiger partial charge in [-0.2, -0.15) is 0 Å². The van der Waals surface area contributed by atoms with Crippen molar-refractivity contribution in [3.05, 3.63) is 114 Å². The SMILES string of the molecule is C=C[C@@]1(c2ccccc2)CO[C@H](c2ccccc2)N1S(=O)(=O)c1ccc(C)cc1. The van der Waals surface area contributed by atoms with E-state index in [2.05, 4.69) is 6.58 Å². The van der Waals surface area contributed by atoms with E-state index in [0.29, 0.717) is 0 Å². The average molecular weight is 406 g/mol. The first kappa shape index (κ1) is 19.6. The van der Waals surface area contributed by atoms with Crippen molar-refractivity contribution in [2.24, 2.45) is 0 Å². The molecular weight excluding hydrogens is 382 g/mol. The summed E-state index contributed by atoms with van der Waals surface area (Å²) in [4.78, 5) is 0.233. The van der Waals surface area contributed by atoms with Crippen LogP contribution in [-0.2, 0) is 20.3 Å². The van der Waals surface area contributed by atoms with E-state index in [-0.39, 0.29) is 11.5 Å². The number of rotatable bonds is 5. The van der Waals surface area contributed by atoms with Gasteiger partial charge in [0.05, 0.1) is 11.5 Å². The fraction of sp³-hybridized carbons (Fsp3) is 0.167. The summed E-state index contributed by atoms with van der Waals surface area (Å²) in [5, 5.41) is 0. The van der Waals surface area contributed by atoms with E-state index in [9.17, 15) is 8.42 Å². The molecule has 0 radical (unpaired) electrons. The summed E-state index contributed by atoms with van der Waals surface area (Å²) >= 11 is 0. The van der Waals surface area contributed by atoms with Crippen LogP contribution in [0.4, 0.5) is 0 Å². The number of ether oxygens (including phenoxy) is 1. The molecule has 2 atom stereocenters. The maximum Gasteiger partial charge on any atom is 0.246 e. The van der Waals surface area contributed by atoms with Gasteiger partial charge in [0.1, 0.15) is 5.54 Å². The summed E-state index contributed by atoms with van der Waals surface area (Å²) in [5.41, 5.74) is 1.59. The van der Waals surface area contributed by atoms with E-state index in [1.54, 1.807) is 30.3 Å². The molecule has 1 fully saturated rings. The summed E-state index contributed by atoms with van der Waals surface area (Å²) < 4.78 is 35.3. The number of nitrogens with zero attached hydrogens (tertiary/aromatic N) is 1. The van der Waals surface area contributed by atoms with Gasteiger partial charge in [-0.1, -0.05) is 84.4 Å². The predicted molar refractivity (Wildman–Crippen MR) is 114 cm³/mol. The Morgan fingerprint density at radius 1 is 0.966 bits per heavy atom. The van der Waals surface area contributed by atoms with Crippen molar-refractivity contribution in [3.63, 3.8) is 0 Å². The quantitative estimate of drug-likeness (QED) is 0.573. The van der Waals surface area contributed by atoms with Crippen molar-refractivity contribution in [3.8, 4) is 0 Å².